The number of hydrogen-bond acceptors (Lipinski definition) is 2. The van der Waals surface area contributed by atoms with Crippen molar-refractivity contribution in [3.63, 3.8) is 0 Å². The summed E-state index contributed by atoms with van der Waals surface area (Å²) in [4.78, 5) is 1.22. The molecule has 0 atom stereocenters. The highest BCUT2D eigenvalue weighted by atomic mass is 32.2. The van der Waals surface area contributed by atoms with E-state index in [1.807, 2.05) is 0 Å². The first kappa shape index (κ1) is 7.62. The van der Waals surface area contributed by atoms with Gasteiger partial charge in [-0.05, 0) is 25.7 Å². The van der Waals surface area contributed by atoms with E-state index in [0.29, 0.717) is 4.21 Å². The lowest BCUT2D eigenvalue weighted by Crippen LogP contribution is -1.99. The van der Waals surface area contributed by atoms with E-state index in [-0.39, 0.29) is 5.82 Å². The highest BCUT2D eigenvalue weighted by Gasteiger charge is 2.18. The first-order valence-corrected chi connectivity index (χ1v) is 5.04. The van der Waals surface area contributed by atoms with E-state index in [2.05, 4.69) is 12.6 Å². The van der Waals surface area contributed by atoms with Crippen LogP contribution in [0.15, 0.2) is 4.21 Å². The van der Waals surface area contributed by atoms with Crippen LogP contribution >= 0.6 is 24.0 Å². The van der Waals surface area contributed by atoms with Crippen molar-refractivity contribution < 1.29 is 4.39 Å². The summed E-state index contributed by atoms with van der Waals surface area (Å²) < 4.78 is 13.7. The Morgan fingerprint density at radius 2 is 2.00 bits per heavy atom. The molecule has 0 spiro atoms. The second-order valence-electron chi connectivity index (χ2n) is 2.83. The van der Waals surface area contributed by atoms with Gasteiger partial charge in [0.1, 0.15) is 0 Å². The Kier molecular flexibility index (Phi) is 1.93. The number of rotatable bonds is 0. The fraction of sp³-hybridized carbons (Fsp3) is 0.500. The van der Waals surface area contributed by atoms with Gasteiger partial charge in [-0.3, -0.25) is 0 Å². The van der Waals surface area contributed by atoms with Gasteiger partial charge in [0, 0.05) is 10.4 Å². The second kappa shape index (κ2) is 2.79. The van der Waals surface area contributed by atoms with Crippen LogP contribution in [0.5, 0.6) is 0 Å². The number of thiol groups is 1. The van der Waals surface area contributed by atoms with Crippen LogP contribution in [0.2, 0.25) is 0 Å². The molecule has 0 saturated carbocycles. The molecule has 1 aromatic rings. The first-order chi connectivity index (χ1) is 5.29. The number of aryl methyl sites for hydroxylation is 1. The molecule has 0 nitrogen and oxygen atoms in total. The monoisotopic (exact) mass is 188 g/mol. The van der Waals surface area contributed by atoms with E-state index in [4.69, 9.17) is 0 Å². The molecule has 0 saturated heterocycles. The lowest BCUT2D eigenvalue weighted by Gasteiger charge is -2.08. The Balaban J connectivity index is 2.50. The van der Waals surface area contributed by atoms with Crippen molar-refractivity contribution in [2.45, 2.75) is 29.9 Å². The molecule has 0 bridgehead atoms. The number of fused-ring (bicyclic) bond motifs is 1. The summed E-state index contributed by atoms with van der Waals surface area (Å²) in [7, 11) is 0. The molecule has 0 aliphatic heterocycles. The highest BCUT2D eigenvalue weighted by Crippen LogP contribution is 2.34. The van der Waals surface area contributed by atoms with Gasteiger partial charge in [0.2, 0.25) is 0 Å². The van der Waals surface area contributed by atoms with Crippen molar-refractivity contribution in [1.29, 1.82) is 0 Å². The van der Waals surface area contributed by atoms with Crippen LogP contribution in [0.25, 0.3) is 0 Å². The van der Waals surface area contributed by atoms with Gasteiger partial charge in [-0.1, -0.05) is 0 Å². The van der Waals surface area contributed by atoms with Gasteiger partial charge in [0.25, 0.3) is 0 Å². The molecule has 3 heteroatoms. The van der Waals surface area contributed by atoms with Crippen LogP contribution in [-0.2, 0) is 12.8 Å². The van der Waals surface area contributed by atoms with Crippen molar-refractivity contribution in [2.24, 2.45) is 0 Å². The lowest BCUT2D eigenvalue weighted by atomic mass is 9.99. The quantitative estimate of drug-likeness (QED) is 0.594. The topological polar surface area (TPSA) is 0 Å². The average Bonchev–Trinajstić information content (AvgIpc) is 2.30. The van der Waals surface area contributed by atoms with Gasteiger partial charge in [0.05, 0.1) is 4.21 Å². The maximum atomic E-state index is 13.2. The summed E-state index contributed by atoms with van der Waals surface area (Å²) in [5.74, 6) is -0.0620. The fourth-order valence-electron chi connectivity index (χ4n) is 1.51. The van der Waals surface area contributed by atoms with E-state index in [9.17, 15) is 4.39 Å². The van der Waals surface area contributed by atoms with E-state index in [1.165, 1.54) is 22.6 Å². The zero-order valence-electron chi connectivity index (χ0n) is 6.06. The molecule has 1 aliphatic carbocycles. The van der Waals surface area contributed by atoms with Crippen molar-refractivity contribution in [2.75, 3.05) is 0 Å². The summed E-state index contributed by atoms with van der Waals surface area (Å²) in [6, 6.07) is 0. The average molecular weight is 188 g/mol. The maximum absolute atomic E-state index is 13.2. The van der Waals surface area contributed by atoms with Crippen molar-refractivity contribution in [3.05, 3.63) is 16.3 Å². The molecule has 2 rings (SSSR count). The Morgan fingerprint density at radius 1 is 1.27 bits per heavy atom. The third kappa shape index (κ3) is 1.20. The van der Waals surface area contributed by atoms with E-state index in [1.54, 1.807) is 0 Å². The van der Waals surface area contributed by atoms with Gasteiger partial charge in [0.15, 0.2) is 5.82 Å². The molecule has 11 heavy (non-hydrogen) atoms. The van der Waals surface area contributed by atoms with Gasteiger partial charge < -0.3 is 0 Å². The lowest BCUT2D eigenvalue weighted by molar-refractivity contribution is 0.575. The summed E-state index contributed by atoms with van der Waals surface area (Å²) in [5.41, 5.74) is 0.936. The van der Waals surface area contributed by atoms with Crippen LogP contribution in [0.4, 0.5) is 4.39 Å². The van der Waals surface area contributed by atoms with Crippen LogP contribution in [0, 0.1) is 5.82 Å². The predicted octanol–water partition coefficient (Wildman–Crippen LogP) is 3.05. The van der Waals surface area contributed by atoms with Gasteiger partial charge in [-0.25, -0.2) is 4.39 Å². The number of thiophene rings is 1. The molecule has 0 aromatic carbocycles. The summed E-state index contributed by atoms with van der Waals surface area (Å²) in [5, 5.41) is 0. The molecular weight excluding hydrogens is 179 g/mol. The molecule has 0 amide bonds. The highest BCUT2D eigenvalue weighted by molar-refractivity contribution is 7.82. The summed E-state index contributed by atoms with van der Waals surface area (Å²) in [6.45, 7) is 0. The van der Waals surface area contributed by atoms with Crippen molar-refractivity contribution >= 4 is 24.0 Å². The van der Waals surface area contributed by atoms with Crippen molar-refractivity contribution in [1.82, 2.24) is 0 Å². The molecular formula is C8H9FS2. The van der Waals surface area contributed by atoms with Gasteiger partial charge in [-0.2, -0.15) is 0 Å². The minimum Gasteiger partial charge on any atom is -0.205 e. The SMILES string of the molecule is Fc1c(S)sc2c1CCCC2. The molecule has 0 N–H and O–H groups in total. The van der Waals surface area contributed by atoms with Gasteiger partial charge in [-0.15, -0.1) is 24.0 Å². The molecule has 1 aliphatic rings. The molecule has 1 aromatic heterocycles. The summed E-state index contributed by atoms with van der Waals surface area (Å²) >= 11 is 5.57. The minimum absolute atomic E-state index is 0.0620. The van der Waals surface area contributed by atoms with Crippen molar-refractivity contribution in [3.8, 4) is 0 Å². The minimum atomic E-state index is -0.0620. The zero-order chi connectivity index (χ0) is 7.84. The molecule has 60 valence electrons. The van der Waals surface area contributed by atoms with Gasteiger partial charge >= 0.3 is 0 Å². The predicted molar refractivity (Wildman–Crippen MR) is 48.2 cm³/mol. The van der Waals surface area contributed by atoms with E-state index >= 15 is 0 Å². The standard InChI is InChI=1S/C8H9FS2/c9-7-5-3-1-2-4-6(5)11-8(7)10/h10H,1-4H2. The third-order valence-electron chi connectivity index (χ3n) is 2.09. The second-order valence-corrected chi connectivity index (χ2v) is 4.68. The summed E-state index contributed by atoms with van der Waals surface area (Å²) in [6.07, 6.45) is 4.31. The molecule has 0 unspecified atom stereocenters. The number of halogens is 1. The van der Waals surface area contributed by atoms with Crippen LogP contribution < -0.4 is 0 Å². The Morgan fingerprint density at radius 3 is 2.73 bits per heavy atom. The molecule has 1 heterocycles. The zero-order valence-corrected chi connectivity index (χ0v) is 7.77. The van der Waals surface area contributed by atoms with Crippen LogP contribution in [-0.4, -0.2) is 0 Å². The Labute approximate surface area is 74.8 Å². The van der Waals surface area contributed by atoms with E-state index < -0.39 is 0 Å². The first-order valence-electron chi connectivity index (χ1n) is 3.78. The maximum Gasteiger partial charge on any atom is 0.150 e. The van der Waals surface area contributed by atoms with Crippen LogP contribution in [0.3, 0.4) is 0 Å². The Bertz CT molecular complexity index is 278. The fourth-order valence-corrected chi connectivity index (χ4v) is 2.99. The Hall–Kier alpha value is -0.0200. The molecule has 0 radical (unpaired) electrons. The smallest absolute Gasteiger partial charge is 0.150 e. The van der Waals surface area contributed by atoms with Crippen LogP contribution in [0.1, 0.15) is 23.3 Å². The number of hydrogen-bond donors (Lipinski definition) is 1. The van der Waals surface area contributed by atoms with E-state index in [0.717, 1.165) is 24.8 Å². The normalized spacial score (nSPS) is 16.5. The molecule has 0 fully saturated rings. The third-order valence-corrected chi connectivity index (χ3v) is 3.63. The largest absolute Gasteiger partial charge is 0.205 e.